The van der Waals surface area contributed by atoms with Crippen molar-refractivity contribution in [3.63, 3.8) is 0 Å². The number of anilines is 1. The molecule has 5 rings (SSSR count). The van der Waals surface area contributed by atoms with E-state index in [2.05, 4.69) is 0 Å². The first-order chi connectivity index (χ1) is 17.7. The Labute approximate surface area is 217 Å². The molecule has 2 aromatic carbocycles. The molecule has 0 bridgehead atoms. The van der Waals surface area contributed by atoms with E-state index in [1.165, 1.54) is 17.5 Å². The van der Waals surface area contributed by atoms with Gasteiger partial charge < -0.3 is 19.1 Å². The zero-order chi connectivity index (χ0) is 26.2. The highest BCUT2D eigenvalue weighted by Crippen LogP contribution is 2.40. The molecule has 3 atom stereocenters. The highest BCUT2D eigenvalue weighted by atomic mass is 32.2. The van der Waals surface area contributed by atoms with Gasteiger partial charge in [0.25, 0.3) is 0 Å². The highest BCUT2D eigenvalue weighted by Gasteiger charge is 2.47. The fourth-order valence-corrected chi connectivity index (χ4v) is 7.92. The van der Waals surface area contributed by atoms with E-state index in [0.29, 0.717) is 50.3 Å². The third-order valence-corrected chi connectivity index (χ3v) is 10.2. The summed E-state index contributed by atoms with van der Waals surface area (Å²) < 4.78 is 60.6. The van der Waals surface area contributed by atoms with E-state index in [9.17, 15) is 13.2 Å². The van der Waals surface area contributed by atoms with Crippen LogP contribution in [0, 0.1) is 5.82 Å². The fourth-order valence-electron chi connectivity index (χ4n) is 5.73. The first kappa shape index (κ1) is 26.1. The number of piperidine rings is 1. The van der Waals surface area contributed by atoms with Crippen LogP contribution in [-0.4, -0.2) is 63.4 Å². The number of ether oxygens (including phenoxy) is 3. The van der Waals surface area contributed by atoms with E-state index in [1.54, 1.807) is 17.0 Å². The number of esters is 1. The van der Waals surface area contributed by atoms with Crippen LogP contribution in [0.15, 0.2) is 48.5 Å². The van der Waals surface area contributed by atoms with Crippen LogP contribution in [0.2, 0.25) is 0 Å². The fraction of sp³-hybridized carbons (Fsp3) is 0.519. The summed E-state index contributed by atoms with van der Waals surface area (Å²) in [6, 6.07) is 13.0. The van der Waals surface area contributed by atoms with Gasteiger partial charge in [0.1, 0.15) is 17.1 Å². The quantitative estimate of drug-likeness (QED) is 0.542. The summed E-state index contributed by atoms with van der Waals surface area (Å²) in [7, 11) is -2.36. The molecule has 0 amide bonds. The number of carbonyl (C=O) groups excluding carboxylic acids is 1. The SMILES string of the molecule is COC(=O)[C@H]1CC2(CCN1c1ccc(CN3C(C)CCC(c4ccccc4)S3(=O)=O)c(F)c1)OCCO2. The van der Waals surface area contributed by atoms with Crippen LogP contribution in [0.5, 0.6) is 0 Å². The van der Waals surface area contributed by atoms with Gasteiger partial charge in [-0.15, -0.1) is 0 Å². The number of methoxy groups -OCH3 is 1. The maximum Gasteiger partial charge on any atom is 0.328 e. The van der Waals surface area contributed by atoms with Crippen molar-refractivity contribution in [2.24, 2.45) is 0 Å². The molecule has 3 aliphatic rings. The van der Waals surface area contributed by atoms with Gasteiger partial charge in [-0.1, -0.05) is 36.4 Å². The predicted octanol–water partition coefficient (Wildman–Crippen LogP) is 3.77. The molecular formula is C27H33FN2O6S. The number of nitrogens with zero attached hydrogens (tertiary/aromatic N) is 2. The maximum atomic E-state index is 15.4. The lowest BCUT2D eigenvalue weighted by Crippen LogP contribution is -2.54. The minimum absolute atomic E-state index is 0.0514. The van der Waals surface area contributed by atoms with Crippen molar-refractivity contribution >= 4 is 21.7 Å². The molecule has 8 nitrogen and oxygen atoms in total. The Balaban J connectivity index is 1.37. The minimum Gasteiger partial charge on any atom is -0.467 e. The molecule has 3 heterocycles. The molecule has 2 aromatic rings. The Morgan fingerprint density at radius 2 is 1.86 bits per heavy atom. The highest BCUT2D eigenvalue weighted by molar-refractivity contribution is 7.89. The van der Waals surface area contributed by atoms with E-state index in [1.807, 2.05) is 37.3 Å². The molecule has 0 aliphatic carbocycles. The van der Waals surface area contributed by atoms with Crippen molar-refractivity contribution in [2.45, 2.75) is 62.3 Å². The van der Waals surface area contributed by atoms with Gasteiger partial charge in [-0.3, -0.25) is 0 Å². The molecule has 2 unspecified atom stereocenters. The van der Waals surface area contributed by atoms with Gasteiger partial charge in [-0.25, -0.2) is 17.6 Å². The first-order valence-corrected chi connectivity index (χ1v) is 14.2. The second kappa shape index (κ2) is 10.3. The molecule has 200 valence electrons. The minimum atomic E-state index is -3.68. The zero-order valence-corrected chi connectivity index (χ0v) is 22.0. The Hall–Kier alpha value is -2.53. The molecule has 0 radical (unpaired) electrons. The Morgan fingerprint density at radius 1 is 1.14 bits per heavy atom. The van der Waals surface area contributed by atoms with Gasteiger partial charge in [-0.2, -0.15) is 4.31 Å². The number of carbonyl (C=O) groups is 1. The van der Waals surface area contributed by atoms with Gasteiger partial charge in [0.05, 0.1) is 20.3 Å². The van der Waals surface area contributed by atoms with Crippen LogP contribution in [0.4, 0.5) is 10.1 Å². The summed E-state index contributed by atoms with van der Waals surface area (Å²) in [5.74, 6) is -1.77. The van der Waals surface area contributed by atoms with Crippen LogP contribution in [0.1, 0.15) is 49.0 Å². The van der Waals surface area contributed by atoms with Crippen molar-refractivity contribution in [1.82, 2.24) is 4.31 Å². The number of rotatable bonds is 5. The zero-order valence-electron chi connectivity index (χ0n) is 21.1. The Kier molecular flexibility index (Phi) is 7.28. The van der Waals surface area contributed by atoms with Gasteiger partial charge in [0, 0.05) is 43.2 Å². The summed E-state index contributed by atoms with van der Waals surface area (Å²) in [6.45, 7) is 3.18. The van der Waals surface area contributed by atoms with Crippen LogP contribution < -0.4 is 4.90 Å². The third kappa shape index (κ3) is 4.99. The number of hydrogen-bond acceptors (Lipinski definition) is 7. The van der Waals surface area contributed by atoms with Crippen molar-refractivity contribution in [3.8, 4) is 0 Å². The molecule has 3 aliphatic heterocycles. The summed E-state index contributed by atoms with van der Waals surface area (Å²) in [5.41, 5.74) is 1.57. The molecule has 1 spiro atoms. The normalized spacial score (nSPS) is 27.3. The van der Waals surface area contributed by atoms with Gasteiger partial charge in [0.2, 0.25) is 10.0 Å². The first-order valence-electron chi connectivity index (χ1n) is 12.7. The van der Waals surface area contributed by atoms with Crippen LogP contribution in [0.3, 0.4) is 0 Å². The summed E-state index contributed by atoms with van der Waals surface area (Å²) in [5, 5.41) is -0.645. The predicted molar refractivity (Wildman–Crippen MR) is 136 cm³/mol. The van der Waals surface area contributed by atoms with E-state index in [4.69, 9.17) is 14.2 Å². The van der Waals surface area contributed by atoms with Crippen LogP contribution in [0.25, 0.3) is 0 Å². The van der Waals surface area contributed by atoms with E-state index < -0.39 is 38.9 Å². The second-order valence-electron chi connectivity index (χ2n) is 9.99. The Bertz CT molecular complexity index is 1230. The van der Waals surface area contributed by atoms with Crippen molar-refractivity contribution < 1.29 is 31.8 Å². The van der Waals surface area contributed by atoms with Gasteiger partial charge in [-0.05, 0) is 37.5 Å². The standard InChI is InChI=1S/C27H33FN2O6S/c1-19-8-11-25(20-6-4-3-5-7-20)37(32,33)30(19)18-21-9-10-22(16-23(21)28)29-13-12-27(35-14-15-36-27)17-24(29)26(31)34-2/h3-7,9-10,16,19,24-25H,8,11-15,17-18H2,1-2H3/t19?,24-,25?/m1/s1. The topological polar surface area (TPSA) is 85.4 Å². The molecule has 0 aromatic heterocycles. The lowest BCUT2D eigenvalue weighted by atomic mass is 9.94. The van der Waals surface area contributed by atoms with Crippen LogP contribution >= 0.6 is 0 Å². The summed E-state index contributed by atoms with van der Waals surface area (Å²) >= 11 is 0. The molecule has 0 saturated carbocycles. The Morgan fingerprint density at radius 3 is 2.54 bits per heavy atom. The molecular weight excluding hydrogens is 499 g/mol. The molecule has 10 heteroatoms. The number of benzene rings is 2. The van der Waals surface area contributed by atoms with Crippen LogP contribution in [-0.2, 0) is 35.6 Å². The monoisotopic (exact) mass is 532 g/mol. The van der Waals surface area contributed by atoms with Gasteiger partial charge >= 0.3 is 5.97 Å². The molecule has 3 saturated heterocycles. The van der Waals surface area contributed by atoms with Crippen molar-refractivity contribution in [2.75, 3.05) is 31.8 Å². The number of halogens is 1. The number of hydrogen-bond donors (Lipinski definition) is 0. The van der Waals surface area contributed by atoms with E-state index in [-0.39, 0.29) is 19.0 Å². The average molecular weight is 533 g/mol. The average Bonchev–Trinajstić information content (AvgIpc) is 3.34. The lowest BCUT2D eigenvalue weighted by molar-refractivity contribution is -0.183. The summed E-state index contributed by atoms with van der Waals surface area (Å²) in [4.78, 5) is 14.4. The summed E-state index contributed by atoms with van der Waals surface area (Å²) in [6.07, 6.45) is 2.05. The van der Waals surface area contributed by atoms with Crippen molar-refractivity contribution in [1.29, 1.82) is 0 Å². The lowest BCUT2D eigenvalue weighted by Gasteiger charge is -2.43. The molecule has 37 heavy (non-hydrogen) atoms. The maximum absolute atomic E-state index is 15.4. The van der Waals surface area contributed by atoms with E-state index >= 15 is 4.39 Å². The molecule has 0 N–H and O–H groups in total. The second-order valence-corrected chi connectivity index (χ2v) is 12.1. The van der Waals surface area contributed by atoms with E-state index in [0.717, 1.165) is 5.56 Å². The van der Waals surface area contributed by atoms with Crippen molar-refractivity contribution in [3.05, 3.63) is 65.5 Å². The third-order valence-electron chi connectivity index (χ3n) is 7.79. The molecule has 3 fully saturated rings. The van der Waals surface area contributed by atoms with Gasteiger partial charge in [0.15, 0.2) is 5.79 Å². The number of sulfonamides is 1. The largest absolute Gasteiger partial charge is 0.467 e. The smallest absolute Gasteiger partial charge is 0.328 e.